The van der Waals surface area contributed by atoms with Crippen LogP contribution in [0.25, 0.3) is 11.1 Å². The number of aromatic nitrogens is 1. The van der Waals surface area contributed by atoms with Crippen LogP contribution in [0.1, 0.15) is 24.8 Å². The summed E-state index contributed by atoms with van der Waals surface area (Å²) in [5.41, 5.74) is 3.74. The quantitative estimate of drug-likeness (QED) is 0.596. The number of hydrogen-bond donors (Lipinski definition) is 1. The van der Waals surface area contributed by atoms with E-state index in [2.05, 4.69) is 35.3 Å². The van der Waals surface area contributed by atoms with Crippen LogP contribution >= 0.6 is 0 Å². The van der Waals surface area contributed by atoms with Gasteiger partial charge in [0, 0.05) is 12.4 Å². The molecule has 0 unspecified atom stereocenters. The van der Waals surface area contributed by atoms with Crippen molar-refractivity contribution in [3.8, 4) is 11.1 Å². The van der Waals surface area contributed by atoms with Gasteiger partial charge in [-0.25, -0.2) is 0 Å². The van der Waals surface area contributed by atoms with Crippen LogP contribution in [0.3, 0.4) is 0 Å². The normalized spacial score (nSPS) is 10.2. The molecule has 1 heterocycles. The SMILES string of the molecule is N=CCCCCc1ccc(-c2cccnc2)cc1. The molecule has 2 heteroatoms. The summed E-state index contributed by atoms with van der Waals surface area (Å²) in [4.78, 5) is 4.13. The lowest BCUT2D eigenvalue weighted by atomic mass is 10.0. The van der Waals surface area contributed by atoms with Gasteiger partial charge in [0.15, 0.2) is 0 Å². The predicted octanol–water partition coefficient (Wildman–Crippen LogP) is 4.11. The molecule has 0 aliphatic rings. The zero-order chi connectivity index (χ0) is 12.6. The maximum absolute atomic E-state index is 6.98. The Kier molecular flexibility index (Phi) is 4.65. The third kappa shape index (κ3) is 3.52. The molecule has 0 aliphatic heterocycles. The first-order valence-corrected chi connectivity index (χ1v) is 6.38. The smallest absolute Gasteiger partial charge is 0.0346 e. The summed E-state index contributed by atoms with van der Waals surface area (Å²) in [6.07, 6.45) is 9.43. The highest BCUT2D eigenvalue weighted by Gasteiger charge is 1.98. The molecule has 18 heavy (non-hydrogen) atoms. The van der Waals surface area contributed by atoms with Gasteiger partial charge in [0.25, 0.3) is 0 Å². The first-order valence-electron chi connectivity index (χ1n) is 6.38. The molecular weight excluding hydrogens is 220 g/mol. The third-order valence-corrected chi connectivity index (χ3v) is 3.01. The Bertz CT molecular complexity index is 474. The van der Waals surface area contributed by atoms with E-state index in [1.165, 1.54) is 17.3 Å². The number of nitrogens with one attached hydrogen (secondary N) is 1. The van der Waals surface area contributed by atoms with Gasteiger partial charge in [-0.15, -0.1) is 0 Å². The van der Waals surface area contributed by atoms with E-state index in [1.807, 2.05) is 12.3 Å². The van der Waals surface area contributed by atoms with Gasteiger partial charge in [-0.2, -0.15) is 0 Å². The number of nitrogens with zero attached hydrogens (tertiary/aromatic N) is 1. The molecule has 0 aliphatic carbocycles. The van der Waals surface area contributed by atoms with Crippen LogP contribution < -0.4 is 0 Å². The van der Waals surface area contributed by atoms with Gasteiger partial charge in [0.05, 0.1) is 0 Å². The molecule has 0 atom stereocenters. The zero-order valence-corrected chi connectivity index (χ0v) is 10.5. The molecular formula is C16H18N2. The Hall–Kier alpha value is -1.96. The summed E-state index contributed by atoms with van der Waals surface area (Å²) in [5, 5.41) is 6.98. The topological polar surface area (TPSA) is 36.7 Å². The fraction of sp³-hybridized carbons (Fsp3) is 0.250. The monoisotopic (exact) mass is 238 g/mol. The first-order chi connectivity index (χ1) is 8.90. The van der Waals surface area contributed by atoms with Crippen LogP contribution in [0.5, 0.6) is 0 Å². The number of benzene rings is 1. The number of rotatable bonds is 6. The van der Waals surface area contributed by atoms with Gasteiger partial charge in [-0.1, -0.05) is 30.3 Å². The Morgan fingerprint density at radius 2 is 1.83 bits per heavy atom. The molecule has 2 rings (SSSR count). The van der Waals surface area contributed by atoms with E-state index in [9.17, 15) is 0 Å². The maximum atomic E-state index is 6.98. The van der Waals surface area contributed by atoms with Crippen molar-refractivity contribution >= 4 is 6.21 Å². The van der Waals surface area contributed by atoms with Crippen LogP contribution in [0.2, 0.25) is 0 Å². The summed E-state index contributed by atoms with van der Waals surface area (Å²) < 4.78 is 0. The lowest BCUT2D eigenvalue weighted by Gasteiger charge is -2.04. The molecule has 2 nitrogen and oxygen atoms in total. The Morgan fingerprint density at radius 1 is 1.00 bits per heavy atom. The molecule has 0 amide bonds. The highest BCUT2D eigenvalue weighted by molar-refractivity contribution is 5.62. The van der Waals surface area contributed by atoms with Crippen molar-refractivity contribution in [2.75, 3.05) is 0 Å². The Labute approximate surface area is 108 Å². The molecule has 0 bridgehead atoms. The Balaban J connectivity index is 1.95. The molecule has 0 saturated carbocycles. The van der Waals surface area contributed by atoms with E-state index in [0.29, 0.717) is 0 Å². The molecule has 1 N–H and O–H groups in total. The number of unbranched alkanes of at least 4 members (excludes halogenated alkanes) is 2. The minimum absolute atomic E-state index is 0.897. The lowest BCUT2D eigenvalue weighted by molar-refractivity contribution is 0.765. The van der Waals surface area contributed by atoms with Gasteiger partial charge >= 0.3 is 0 Å². The maximum Gasteiger partial charge on any atom is 0.0346 e. The van der Waals surface area contributed by atoms with E-state index in [-0.39, 0.29) is 0 Å². The summed E-state index contributed by atoms with van der Waals surface area (Å²) >= 11 is 0. The van der Waals surface area contributed by atoms with Crippen molar-refractivity contribution in [3.05, 3.63) is 54.4 Å². The van der Waals surface area contributed by atoms with Crippen LogP contribution in [-0.4, -0.2) is 11.2 Å². The van der Waals surface area contributed by atoms with Crippen molar-refractivity contribution < 1.29 is 0 Å². The second kappa shape index (κ2) is 6.70. The summed E-state index contributed by atoms with van der Waals surface area (Å²) in [5.74, 6) is 0. The Morgan fingerprint density at radius 3 is 2.50 bits per heavy atom. The average molecular weight is 238 g/mol. The molecule has 0 spiro atoms. The summed E-state index contributed by atoms with van der Waals surface area (Å²) in [7, 11) is 0. The summed E-state index contributed by atoms with van der Waals surface area (Å²) in [6.45, 7) is 0. The van der Waals surface area contributed by atoms with E-state index in [4.69, 9.17) is 5.41 Å². The van der Waals surface area contributed by atoms with Crippen molar-refractivity contribution in [3.63, 3.8) is 0 Å². The molecule has 0 fully saturated rings. The van der Waals surface area contributed by atoms with Crippen molar-refractivity contribution in [1.29, 1.82) is 5.41 Å². The minimum Gasteiger partial charge on any atom is -0.313 e. The largest absolute Gasteiger partial charge is 0.313 e. The standard InChI is InChI=1S/C16H18N2/c17-11-3-1-2-5-14-7-9-15(10-8-14)16-6-4-12-18-13-16/h4,6-13,17H,1-3,5H2. The van der Waals surface area contributed by atoms with Crippen molar-refractivity contribution in [2.24, 2.45) is 0 Å². The van der Waals surface area contributed by atoms with Crippen LogP contribution in [0, 0.1) is 5.41 Å². The zero-order valence-electron chi connectivity index (χ0n) is 10.5. The van der Waals surface area contributed by atoms with E-state index in [0.717, 1.165) is 31.2 Å². The summed E-state index contributed by atoms with van der Waals surface area (Å²) in [6, 6.07) is 12.7. The minimum atomic E-state index is 0.897. The fourth-order valence-corrected chi connectivity index (χ4v) is 1.97. The molecule has 0 saturated heterocycles. The van der Waals surface area contributed by atoms with Gasteiger partial charge in [0.2, 0.25) is 0 Å². The fourth-order valence-electron chi connectivity index (χ4n) is 1.97. The van der Waals surface area contributed by atoms with Gasteiger partial charge in [0.1, 0.15) is 0 Å². The predicted molar refractivity (Wildman–Crippen MR) is 76.0 cm³/mol. The van der Waals surface area contributed by atoms with Crippen molar-refractivity contribution in [1.82, 2.24) is 4.98 Å². The van der Waals surface area contributed by atoms with E-state index >= 15 is 0 Å². The van der Waals surface area contributed by atoms with Crippen LogP contribution in [0.4, 0.5) is 0 Å². The van der Waals surface area contributed by atoms with Crippen LogP contribution in [0.15, 0.2) is 48.8 Å². The molecule has 92 valence electrons. The highest BCUT2D eigenvalue weighted by atomic mass is 14.6. The van der Waals surface area contributed by atoms with E-state index in [1.54, 1.807) is 6.20 Å². The number of aryl methyl sites for hydroxylation is 1. The second-order valence-electron chi connectivity index (χ2n) is 4.39. The van der Waals surface area contributed by atoms with Gasteiger partial charge in [-0.3, -0.25) is 4.98 Å². The van der Waals surface area contributed by atoms with E-state index < -0.39 is 0 Å². The average Bonchev–Trinajstić information content (AvgIpc) is 2.45. The molecule has 1 aromatic carbocycles. The molecule has 1 aromatic heterocycles. The number of hydrogen-bond acceptors (Lipinski definition) is 2. The van der Waals surface area contributed by atoms with Gasteiger partial charge in [-0.05, 0) is 54.7 Å². The number of pyridine rings is 1. The second-order valence-corrected chi connectivity index (χ2v) is 4.39. The third-order valence-electron chi connectivity index (χ3n) is 3.01. The van der Waals surface area contributed by atoms with Gasteiger partial charge < -0.3 is 5.41 Å². The highest BCUT2D eigenvalue weighted by Crippen LogP contribution is 2.19. The molecule has 0 radical (unpaired) electrons. The first kappa shape index (κ1) is 12.5. The van der Waals surface area contributed by atoms with Crippen LogP contribution in [-0.2, 0) is 6.42 Å². The lowest BCUT2D eigenvalue weighted by Crippen LogP contribution is -1.87. The molecule has 2 aromatic rings. The van der Waals surface area contributed by atoms with Crippen molar-refractivity contribution in [2.45, 2.75) is 25.7 Å².